The van der Waals surface area contributed by atoms with E-state index in [1.165, 1.54) is 5.56 Å². The molecule has 0 fully saturated rings. The first kappa shape index (κ1) is 15.0. The smallest absolute Gasteiger partial charge is 0.0833 e. The SMILES string of the molecule is CC(C)NCC(Cc1cn(C)nn1)c1cccc(Cl)c1. The first-order valence-electron chi connectivity index (χ1n) is 6.88. The van der Waals surface area contributed by atoms with Crippen LogP contribution in [-0.4, -0.2) is 27.6 Å². The molecule has 0 bridgehead atoms. The first-order chi connectivity index (χ1) is 9.54. The molecule has 0 saturated heterocycles. The molecule has 0 spiro atoms. The van der Waals surface area contributed by atoms with Gasteiger partial charge in [0, 0.05) is 43.2 Å². The molecule has 0 saturated carbocycles. The lowest BCUT2D eigenvalue weighted by atomic mass is 9.94. The number of benzene rings is 1. The molecule has 0 radical (unpaired) electrons. The van der Waals surface area contributed by atoms with Gasteiger partial charge < -0.3 is 5.32 Å². The normalized spacial score (nSPS) is 12.8. The summed E-state index contributed by atoms with van der Waals surface area (Å²) in [6.45, 7) is 5.20. The Morgan fingerprint density at radius 1 is 1.35 bits per heavy atom. The zero-order valence-corrected chi connectivity index (χ0v) is 12.9. The first-order valence-corrected chi connectivity index (χ1v) is 7.26. The summed E-state index contributed by atoms with van der Waals surface area (Å²) < 4.78 is 1.74. The third-order valence-electron chi connectivity index (χ3n) is 3.20. The quantitative estimate of drug-likeness (QED) is 0.890. The Kier molecular flexibility index (Phi) is 5.15. The molecule has 20 heavy (non-hydrogen) atoms. The lowest BCUT2D eigenvalue weighted by Crippen LogP contribution is -2.29. The fraction of sp³-hybridized carbons (Fsp3) is 0.467. The molecule has 2 rings (SSSR count). The molecule has 4 nitrogen and oxygen atoms in total. The van der Waals surface area contributed by atoms with Gasteiger partial charge in [-0.2, -0.15) is 0 Å². The number of hydrogen-bond acceptors (Lipinski definition) is 3. The maximum atomic E-state index is 6.11. The minimum Gasteiger partial charge on any atom is -0.314 e. The van der Waals surface area contributed by atoms with Crippen LogP contribution in [0.15, 0.2) is 30.5 Å². The molecular weight excluding hydrogens is 272 g/mol. The van der Waals surface area contributed by atoms with Crippen LogP contribution >= 0.6 is 11.6 Å². The summed E-state index contributed by atoms with van der Waals surface area (Å²) in [5, 5.41) is 12.4. The summed E-state index contributed by atoms with van der Waals surface area (Å²) >= 11 is 6.11. The molecule has 0 aliphatic heterocycles. The third kappa shape index (κ3) is 4.32. The summed E-state index contributed by atoms with van der Waals surface area (Å²) in [7, 11) is 1.89. The number of nitrogens with one attached hydrogen (secondary N) is 1. The second-order valence-corrected chi connectivity index (χ2v) is 5.84. The van der Waals surface area contributed by atoms with E-state index < -0.39 is 0 Å². The number of aryl methyl sites for hydroxylation is 1. The molecule has 0 aliphatic rings. The van der Waals surface area contributed by atoms with Crippen molar-refractivity contribution in [3.8, 4) is 0 Å². The van der Waals surface area contributed by atoms with E-state index in [2.05, 4.69) is 35.5 Å². The van der Waals surface area contributed by atoms with E-state index in [1.807, 2.05) is 31.4 Å². The number of rotatable bonds is 6. The molecule has 1 aromatic heterocycles. The predicted molar refractivity (Wildman–Crippen MR) is 82.0 cm³/mol. The highest BCUT2D eigenvalue weighted by atomic mass is 35.5. The van der Waals surface area contributed by atoms with E-state index in [1.54, 1.807) is 4.68 Å². The van der Waals surface area contributed by atoms with Crippen molar-refractivity contribution in [2.45, 2.75) is 32.2 Å². The van der Waals surface area contributed by atoms with Gasteiger partial charge in [0.1, 0.15) is 0 Å². The fourth-order valence-corrected chi connectivity index (χ4v) is 2.39. The van der Waals surface area contributed by atoms with E-state index in [0.29, 0.717) is 12.0 Å². The number of hydrogen-bond donors (Lipinski definition) is 1. The van der Waals surface area contributed by atoms with Gasteiger partial charge in [0.25, 0.3) is 0 Å². The van der Waals surface area contributed by atoms with Crippen LogP contribution in [0, 0.1) is 0 Å². The minimum absolute atomic E-state index is 0.341. The molecule has 0 amide bonds. The largest absolute Gasteiger partial charge is 0.314 e. The number of aromatic nitrogens is 3. The maximum Gasteiger partial charge on any atom is 0.0833 e. The van der Waals surface area contributed by atoms with E-state index in [0.717, 1.165) is 23.7 Å². The Bertz CT molecular complexity index is 550. The molecule has 1 atom stereocenters. The van der Waals surface area contributed by atoms with Gasteiger partial charge in [-0.05, 0) is 17.7 Å². The molecule has 108 valence electrons. The number of nitrogens with zero attached hydrogens (tertiary/aromatic N) is 3. The van der Waals surface area contributed by atoms with Gasteiger partial charge >= 0.3 is 0 Å². The van der Waals surface area contributed by atoms with Gasteiger partial charge in [-0.15, -0.1) is 5.10 Å². The lowest BCUT2D eigenvalue weighted by molar-refractivity contribution is 0.524. The van der Waals surface area contributed by atoms with Crippen molar-refractivity contribution in [3.05, 3.63) is 46.7 Å². The van der Waals surface area contributed by atoms with Crippen molar-refractivity contribution in [1.29, 1.82) is 0 Å². The van der Waals surface area contributed by atoms with Crippen LogP contribution in [0.1, 0.15) is 31.0 Å². The zero-order valence-electron chi connectivity index (χ0n) is 12.2. The molecule has 0 aliphatic carbocycles. The van der Waals surface area contributed by atoms with Crippen molar-refractivity contribution in [3.63, 3.8) is 0 Å². The van der Waals surface area contributed by atoms with Gasteiger partial charge in [0.2, 0.25) is 0 Å². The zero-order chi connectivity index (χ0) is 14.5. The number of halogens is 1. The highest BCUT2D eigenvalue weighted by Gasteiger charge is 2.15. The summed E-state index contributed by atoms with van der Waals surface area (Å²) in [6, 6.07) is 8.51. The predicted octanol–water partition coefficient (Wildman–Crippen LogP) is 2.79. The van der Waals surface area contributed by atoms with E-state index >= 15 is 0 Å². The molecule has 2 aromatic rings. The van der Waals surface area contributed by atoms with Crippen molar-refractivity contribution in [2.24, 2.45) is 7.05 Å². The van der Waals surface area contributed by atoms with Crippen LogP contribution in [0.25, 0.3) is 0 Å². The van der Waals surface area contributed by atoms with Crippen LogP contribution in [0.2, 0.25) is 5.02 Å². The van der Waals surface area contributed by atoms with Gasteiger partial charge in [-0.1, -0.05) is 42.8 Å². The third-order valence-corrected chi connectivity index (χ3v) is 3.43. The minimum atomic E-state index is 0.341. The molecule has 1 N–H and O–H groups in total. The second-order valence-electron chi connectivity index (χ2n) is 5.40. The standard InChI is InChI=1S/C15H21ClN4/c1-11(2)17-9-13(8-15-10-20(3)19-18-15)12-5-4-6-14(16)7-12/h4-7,10-11,13,17H,8-9H2,1-3H3. The average Bonchev–Trinajstić information content (AvgIpc) is 2.80. The average molecular weight is 293 g/mol. The van der Waals surface area contributed by atoms with Crippen LogP contribution in [0.4, 0.5) is 0 Å². The Balaban J connectivity index is 2.15. The molecule has 1 aromatic carbocycles. The summed E-state index contributed by atoms with van der Waals surface area (Å²) in [5.41, 5.74) is 2.24. The van der Waals surface area contributed by atoms with E-state index in [4.69, 9.17) is 11.6 Å². The van der Waals surface area contributed by atoms with Crippen molar-refractivity contribution >= 4 is 11.6 Å². The Hall–Kier alpha value is -1.39. The second kappa shape index (κ2) is 6.86. The Labute approximate surface area is 125 Å². The van der Waals surface area contributed by atoms with E-state index in [9.17, 15) is 0 Å². The highest BCUT2D eigenvalue weighted by Crippen LogP contribution is 2.22. The topological polar surface area (TPSA) is 42.7 Å². The van der Waals surface area contributed by atoms with Gasteiger partial charge in [0.05, 0.1) is 5.69 Å². The van der Waals surface area contributed by atoms with E-state index in [-0.39, 0.29) is 0 Å². The van der Waals surface area contributed by atoms with Crippen molar-refractivity contribution < 1.29 is 0 Å². The van der Waals surface area contributed by atoms with Crippen molar-refractivity contribution in [2.75, 3.05) is 6.54 Å². The van der Waals surface area contributed by atoms with Crippen LogP contribution in [0.5, 0.6) is 0 Å². The Morgan fingerprint density at radius 2 is 2.15 bits per heavy atom. The summed E-state index contributed by atoms with van der Waals surface area (Å²) in [5.74, 6) is 0.341. The van der Waals surface area contributed by atoms with Gasteiger partial charge in [0.15, 0.2) is 0 Å². The molecular formula is C15H21ClN4. The monoisotopic (exact) mass is 292 g/mol. The molecule has 5 heteroatoms. The van der Waals surface area contributed by atoms with Gasteiger partial charge in [-0.25, -0.2) is 0 Å². The summed E-state index contributed by atoms with van der Waals surface area (Å²) in [6.07, 6.45) is 2.82. The lowest BCUT2D eigenvalue weighted by Gasteiger charge is -2.19. The van der Waals surface area contributed by atoms with Crippen LogP contribution in [-0.2, 0) is 13.5 Å². The van der Waals surface area contributed by atoms with Crippen LogP contribution in [0.3, 0.4) is 0 Å². The van der Waals surface area contributed by atoms with Crippen molar-refractivity contribution in [1.82, 2.24) is 20.3 Å². The summed E-state index contributed by atoms with van der Waals surface area (Å²) in [4.78, 5) is 0. The highest BCUT2D eigenvalue weighted by molar-refractivity contribution is 6.30. The Morgan fingerprint density at radius 3 is 2.75 bits per heavy atom. The molecule has 1 unspecified atom stereocenters. The maximum absolute atomic E-state index is 6.11. The van der Waals surface area contributed by atoms with Crippen LogP contribution < -0.4 is 5.32 Å². The molecule has 1 heterocycles. The van der Waals surface area contributed by atoms with Gasteiger partial charge in [-0.3, -0.25) is 4.68 Å². The fourth-order valence-electron chi connectivity index (χ4n) is 2.19.